The Hall–Kier alpha value is -1.90. The van der Waals surface area contributed by atoms with Crippen LogP contribution in [-0.2, 0) is 11.8 Å². The van der Waals surface area contributed by atoms with E-state index < -0.39 is 0 Å². The first-order valence-corrected chi connectivity index (χ1v) is 10.2. The van der Waals surface area contributed by atoms with E-state index in [1.807, 2.05) is 12.3 Å². The van der Waals surface area contributed by atoms with E-state index in [1.54, 1.807) is 26.4 Å². The van der Waals surface area contributed by atoms with Crippen molar-refractivity contribution in [2.24, 2.45) is 7.05 Å². The van der Waals surface area contributed by atoms with Crippen molar-refractivity contribution in [3.8, 4) is 0 Å². The van der Waals surface area contributed by atoms with E-state index in [1.165, 1.54) is 4.57 Å². The standard InChI is InChI=1S/C20H28BrN5O2/c1-20(2)14-25(9-10-28-4)7-8-26(20)16-5-6-18(22-12-16)23-17-11-15(21)13-24(3)19(17)27/h5-6,11-13H,7-10,14H2,1-4H3,(H,22,23). The first kappa shape index (κ1) is 20.8. The van der Waals surface area contributed by atoms with Gasteiger partial charge in [-0.25, -0.2) is 4.98 Å². The number of aromatic nitrogens is 2. The van der Waals surface area contributed by atoms with Crippen molar-refractivity contribution in [2.75, 3.05) is 50.1 Å². The first-order valence-electron chi connectivity index (χ1n) is 9.38. The monoisotopic (exact) mass is 449 g/mol. The Labute approximate surface area is 174 Å². The summed E-state index contributed by atoms with van der Waals surface area (Å²) < 4.78 is 7.58. The van der Waals surface area contributed by atoms with E-state index in [-0.39, 0.29) is 11.1 Å². The van der Waals surface area contributed by atoms with Crippen molar-refractivity contribution in [3.05, 3.63) is 45.4 Å². The number of methoxy groups -OCH3 is 1. The molecule has 0 radical (unpaired) electrons. The van der Waals surface area contributed by atoms with Gasteiger partial charge >= 0.3 is 0 Å². The highest BCUT2D eigenvalue weighted by molar-refractivity contribution is 9.10. The number of aryl methyl sites for hydroxylation is 1. The molecular formula is C20H28BrN5O2. The number of ether oxygens (including phenoxy) is 1. The molecule has 0 unspecified atom stereocenters. The SMILES string of the molecule is COCCN1CCN(c2ccc(Nc3cc(Br)cn(C)c3=O)nc2)C(C)(C)C1. The van der Waals surface area contributed by atoms with Gasteiger partial charge < -0.3 is 19.5 Å². The summed E-state index contributed by atoms with van der Waals surface area (Å²) in [5.41, 5.74) is 1.48. The Balaban J connectivity index is 1.72. The summed E-state index contributed by atoms with van der Waals surface area (Å²) in [5, 5.41) is 3.12. The molecule has 1 saturated heterocycles. The highest BCUT2D eigenvalue weighted by Crippen LogP contribution is 2.28. The molecule has 0 bridgehead atoms. The lowest BCUT2D eigenvalue weighted by Crippen LogP contribution is -2.60. The van der Waals surface area contributed by atoms with Crippen LogP contribution in [0.3, 0.4) is 0 Å². The molecule has 0 atom stereocenters. The third-order valence-electron chi connectivity index (χ3n) is 5.06. The average Bonchev–Trinajstić information content (AvgIpc) is 2.64. The van der Waals surface area contributed by atoms with Crippen LogP contribution in [0, 0.1) is 0 Å². The molecule has 1 fully saturated rings. The zero-order chi connectivity index (χ0) is 20.3. The quantitative estimate of drug-likeness (QED) is 0.731. The van der Waals surface area contributed by atoms with Crippen molar-refractivity contribution in [2.45, 2.75) is 19.4 Å². The zero-order valence-electron chi connectivity index (χ0n) is 16.9. The van der Waals surface area contributed by atoms with Gasteiger partial charge in [0.05, 0.1) is 18.5 Å². The number of nitrogens with one attached hydrogen (secondary N) is 1. The van der Waals surface area contributed by atoms with Gasteiger partial charge in [-0.2, -0.15) is 0 Å². The summed E-state index contributed by atoms with van der Waals surface area (Å²) in [7, 11) is 3.47. The Kier molecular flexibility index (Phi) is 6.42. The predicted molar refractivity (Wildman–Crippen MR) is 117 cm³/mol. The summed E-state index contributed by atoms with van der Waals surface area (Å²) >= 11 is 3.42. The number of pyridine rings is 2. The van der Waals surface area contributed by atoms with E-state index in [4.69, 9.17) is 4.74 Å². The van der Waals surface area contributed by atoms with Crippen LogP contribution in [0.4, 0.5) is 17.2 Å². The third-order valence-corrected chi connectivity index (χ3v) is 5.50. The maximum Gasteiger partial charge on any atom is 0.274 e. The van der Waals surface area contributed by atoms with E-state index in [2.05, 4.69) is 55.9 Å². The van der Waals surface area contributed by atoms with Crippen molar-refractivity contribution in [1.82, 2.24) is 14.5 Å². The Bertz CT molecular complexity index is 866. The predicted octanol–water partition coefficient (Wildman–Crippen LogP) is 2.83. The summed E-state index contributed by atoms with van der Waals surface area (Å²) in [6.45, 7) is 9.14. The van der Waals surface area contributed by atoms with Crippen molar-refractivity contribution < 1.29 is 4.74 Å². The molecule has 0 aromatic carbocycles. The fraction of sp³-hybridized carbons (Fsp3) is 0.500. The summed E-state index contributed by atoms with van der Waals surface area (Å²) in [4.78, 5) is 21.6. The number of piperazine rings is 1. The van der Waals surface area contributed by atoms with Crippen LogP contribution in [0.2, 0.25) is 0 Å². The van der Waals surface area contributed by atoms with E-state index in [0.717, 1.165) is 42.9 Å². The van der Waals surface area contributed by atoms with Crippen molar-refractivity contribution >= 4 is 33.1 Å². The molecule has 152 valence electrons. The number of anilines is 3. The zero-order valence-corrected chi connectivity index (χ0v) is 18.5. The molecular weight excluding hydrogens is 422 g/mol. The molecule has 2 aromatic heterocycles. The maximum atomic E-state index is 12.3. The lowest BCUT2D eigenvalue weighted by atomic mass is 9.98. The van der Waals surface area contributed by atoms with E-state index >= 15 is 0 Å². The van der Waals surface area contributed by atoms with Gasteiger partial charge in [0.25, 0.3) is 5.56 Å². The number of hydrogen-bond donors (Lipinski definition) is 1. The highest BCUT2D eigenvalue weighted by Gasteiger charge is 2.33. The van der Waals surface area contributed by atoms with Gasteiger partial charge in [-0.15, -0.1) is 0 Å². The Morgan fingerprint density at radius 3 is 2.75 bits per heavy atom. The lowest BCUT2D eigenvalue weighted by Gasteiger charge is -2.48. The van der Waals surface area contributed by atoms with Crippen LogP contribution in [0.5, 0.6) is 0 Å². The summed E-state index contributed by atoms with van der Waals surface area (Å²) in [6, 6.07) is 5.74. The van der Waals surface area contributed by atoms with Crippen LogP contribution in [0.1, 0.15) is 13.8 Å². The smallest absolute Gasteiger partial charge is 0.274 e. The first-order chi connectivity index (χ1) is 13.3. The van der Waals surface area contributed by atoms with Gasteiger partial charge in [-0.1, -0.05) is 0 Å². The van der Waals surface area contributed by atoms with Gasteiger partial charge in [0, 0.05) is 56.5 Å². The molecule has 28 heavy (non-hydrogen) atoms. The number of hydrogen-bond acceptors (Lipinski definition) is 6. The second-order valence-electron chi connectivity index (χ2n) is 7.75. The summed E-state index contributed by atoms with van der Waals surface area (Å²) in [6.07, 6.45) is 3.61. The molecule has 8 heteroatoms. The van der Waals surface area contributed by atoms with Crippen LogP contribution < -0.4 is 15.8 Å². The van der Waals surface area contributed by atoms with Crippen LogP contribution in [-0.4, -0.2) is 59.9 Å². The molecule has 1 N–H and O–H groups in total. The van der Waals surface area contributed by atoms with Crippen molar-refractivity contribution in [1.29, 1.82) is 0 Å². The van der Waals surface area contributed by atoms with Gasteiger partial charge in [0.1, 0.15) is 11.5 Å². The molecule has 1 aliphatic heterocycles. The Morgan fingerprint density at radius 2 is 2.11 bits per heavy atom. The maximum absolute atomic E-state index is 12.3. The number of nitrogens with zero attached hydrogens (tertiary/aromatic N) is 4. The molecule has 3 rings (SSSR count). The normalized spacial score (nSPS) is 17.0. The van der Waals surface area contributed by atoms with Crippen LogP contribution in [0.25, 0.3) is 0 Å². The average molecular weight is 450 g/mol. The van der Waals surface area contributed by atoms with E-state index in [0.29, 0.717) is 11.5 Å². The van der Waals surface area contributed by atoms with Crippen LogP contribution in [0.15, 0.2) is 39.9 Å². The van der Waals surface area contributed by atoms with Gasteiger partial charge in [0.15, 0.2) is 0 Å². The molecule has 0 spiro atoms. The van der Waals surface area contributed by atoms with E-state index in [9.17, 15) is 4.79 Å². The fourth-order valence-electron chi connectivity index (χ4n) is 3.66. The largest absolute Gasteiger partial charge is 0.383 e. The summed E-state index contributed by atoms with van der Waals surface area (Å²) in [5.74, 6) is 0.649. The number of halogens is 1. The fourth-order valence-corrected chi connectivity index (χ4v) is 4.20. The Morgan fingerprint density at radius 1 is 1.32 bits per heavy atom. The third kappa shape index (κ3) is 4.74. The molecule has 1 aliphatic rings. The molecule has 7 nitrogen and oxygen atoms in total. The molecule has 2 aromatic rings. The lowest BCUT2D eigenvalue weighted by molar-refractivity contribution is 0.119. The van der Waals surface area contributed by atoms with Gasteiger partial charge in [0.2, 0.25) is 0 Å². The van der Waals surface area contributed by atoms with Gasteiger partial charge in [-0.05, 0) is 48.0 Å². The molecule has 3 heterocycles. The second kappa shape index (κ2) is 8.63. The highest BCUT2D eigenvalue weighted by atomic mass is 79.9. The van der Waals surface area contributed by atoms with Gasteiger partial charge in [-0.3, -0.25) is 9.69 Å². The molecule has 0 amide bonds. The minimum atomic E-state index is -0.0950. The molecule has 0 saturated carbocycles. The van der Waals surface area contributed by atoms with Crippen molar-refractivity contribution in [3.63, 3.8) is 0 Å². The number of rotatable bonds is 6. The van der Waals surface area contributed by atoms with Crippen LogP contribution >= 0.6 is 15.9 Å². The molecule has 0 aliphatic carbocycles. The minimum Gasteiger partial charge on any atom is -0.383 e. The minimum absolute atomic E-state index is 0.00283. The topological polar surface area (TPSA) is 62.6 Å². The second-order valence-corrected chi connectivity index (χ2v) is 8.66.